The molecule has 0 aromatic heterocycles. The minimum atomic E-state index is 0.671. The van der Waals surface area contributed by atoms with Gasteiger partial charge in [-0.1, -0.05) is 50.5 Å². The van der Waals surface area contributed by atoms with E-state index in [2.05, 4.69) is 19.3 Å². The van der Waals surface area contributed by atoms with E-state index in [9.17, 15) is 0 Å². The van der Waals surface area contributed by atoms with Crippen LogP contribution in [0.2, 0.25) is 0 Å². The molecule has 104 valence electrons. The third-order valence-corrected chi connectivity index (χ3v) is 2.89. The molecule has 0 saturated heterocycles. The van der Waals surface area contributed by atoms with Gasteiger partial charge in [-0.2, -0.15) is 0 Å². The van der Waals surface area contributed by atoms with Gasteiger partial charge in [0.15, 0.2) is 6.26 Å². The van der Waals surface area contributed by atoms with E-state index in [0.717, 1.165) is 30.6 Å². The molecule has 2 nitrogen and oxygen atoms in total. The lowest BCUT2D eigenvalue weighted by molar-refractivity contribution is 0.201. The van der Waals surface area contributed by atoms with Crippen LogP contribution in [-0.2, 0) is 9.47 Å². The smallest absolute Gasteiger partial charge is 0.165 e. The average molecular weight is 260 g/mol. The maximum absolute atomic E-state index is 5.53. The molecular formula is C17H24O2. The molecule has 0 fully saturated rings. The van der Waals surface area contributed by atoms with Crippen molar-refractivity contribution in [3.8, 4) is 0 Å². The zero-order valence-electron chi connectivity index (χ0n) is 12.1. The summed E-state index contributed by atoms with van der Waals surface area (Å²) in [5, 5.41) is 0. The summed E-state index contributed by atoms with van der Waals surface area (Å²) >= 11 is 0. The predicted octanol–water partition coefficient (Wildman–Crippen LogP) is 4.26. The number of methoxy groups -OCH3 is 1. The van der Waals surface area contributed by atoms with Crippen LogP contribution in [0.5, 0.6) is 0 Å². The molecule has 1 aromatic rings. The SMILES string of the molecule is CCCCCCO[C]=C(CCOC)c1[c]cccc1. The molecule has 1 rings (SSSR count). The van der Waals surface area contributed by atoms with Gasteiger partial charge in [-0.05, 0) is 18.1 Å². The van der Waals surface area contributed by atoms with E-state index in [1.54, 1.807) is 7.11 Å². The molecule has 0 atom stereocenters. The topological polar surface area (TPSA) is 18.5 Å². The van der Waals surface area contributed by atoms with Crippen molar-refractivity contribution >= 4 is 5.57 Å². The Bertz CT molecular complexity index is 344. The monoisotopic (exact) mass is 260 g/mol. The Balaban J connectivity index is 2.44. The van der Waals surface area contributed by atoms with Gasteiger partial charge in [0, 0.05) is 19.1 Å². The van der Waals surface area contributed by atoms with E-state index >= 15 is 0 Å². The molecule has 0 unspecified atom stereocenters. The molecule has 2 radical (unpaired) electrons. The minimum Gasteiger partial charge on any atom is -0.489 e. The highest BCUT2D eigenvalue weighted by Crippen LogP contribution is 2.17. The van der Waals surface area contributed by atoms with Gasteiger partial charge in [0.25, 0.3) is 0 Å². The van der Waals surface area contributed by atoms with Crippen LogP contribution >= 0.6 is 0 Å². The Morgan fingerprint density at radius 2 is 2.11 bits per heavy atom. The lowest BCUT2D eigenvalue weighted by Crippen LogP contribution is -1.96. The molecule has 0 aliphatic rings. The highest BCUT2D eigenvalue weighted by molar-refractivity contribution is 5.62. The molecule has 0 aliphatic heterocycles. The van der Waals surface area contributed by atoms with Crippen molar-refractivity contribution in [1.29, 1.82) is 0 Å². The van der Waals surface area contributed by atoms with Crippen molar-refractivity contribution in [2.45, 2.75) is 39.0 Å². The van der Waals surface area contributed by atoms with Crippen molar-refractivity contribution < 1.29 is 9.47 Å². The van der Waals surface area contributed by atoms with E-state index in [1.165, 1.54) is 19.3 Å². The molecular weight excluding hydrogens is 236 g/mol. The van der Waals surface area contributed by atoms with Crippen LogP contribution in [0.3, 0.4) is 0 Å². The Hall–Kier alpha value is -1.28. The number of ether oxygens (including phenoxy) is 2. The third-order valence-electron chi connectivity index (χ3n) is 2.89. The van der Waals surface area contributed by atoms with E-state index < -0.39 is 0 Å². The molecule has 1 aromatic carbocycles. The largest absolute Gasteiger partial charge is 0.489 e. The van der Waals surface area contributed by atoms with Crippen LogP contribution in [-0.4, -0.2) is 20.3 Å². The first-order valence-corrected chi connectivity index (χ1v) is 7.08. The Kier molecular flexibility index (Phi) is 8.82. The van der Waals surface area contributed by atoms with E-state index in [0.29, 0.717) is 6.61 Å². The zero-order chi connectivity index (χ0) is 13.8. The fraction of sp³-hybridized carbons (Fsp3) is 0.529. The second kappa shape index (κ2) is 10.6. The van der Waals surface area contributed by atoms with Crippen LogP contribution in [0.15, 0.2) is 24.3 Å². The first kappa shape index (κ1) is 15.8. The summed E-state index contributed by atoms with van der Waals surface area (Å²) in [6.45, 7) is 3.62. The number of hydrogen-bond acceptors (Lipinski definition) is 2. The molecule has 0 amide bonds. The van der Waals surface area contributed by atoms with Crippen molar-refractivity contribution in [2.24, 2.45) is 0 Å². The summed E-state index contributed by atoms with van der Waals surface area (Å²) < 4.78 is 10.7. The second-order valence-electron chi connectivity index (χ2n) is 4.51. The van der Waals surface area contributed by atoms with Crippen LogP contribution in [0, 0.1) is 12.3 Å². The van der Waals surface area contributed by atoms with E-state index in [4.69, 9.17) is 9.47 Å². The maximum Gasteiger partial charge on any atom is 0.165 e. The standard InChI is InChI=1S/C17H24O2/c1-3-4-5-9-13-19-15-17(12-14-18-2)16-10-7-6-8-11-16/h6-8,10H,3-5,9,12-14H2,1-2H3. The van der Waals surface area contributed by atoms with E-state index in [1.807, 2.05) is 24.3 Å². The van der Waals surface area contributed by atoms with Gasteiger partial charge in [-0.25, -0.2) is 0 Å². The Morgan fingerprint density at radius 3 is 2.79 bits per heavy atom. The summed E-state index contributed by atoms with van der Waals surface area (Å²) in [4.78, 5) is 0. The predicted molar refractivity (Wildman–Crippen MR) is 78.5 cm³/mol. The molecule has 0 bridgehead atoms. The van der Waals surface area contributed by atoms with Crippen LogP contribution in [0.4, 0.5) is 0 Å². The quantitative estimate of drug-likeness (QED) is 0.462. The van der Waals surface area contributed by atoms with E-state index in [-0.39, 0.29) is 0 Å². The molecule has 0 saturated carbocycles. The summed E-state index contributed by atoms with van der Waals surface area (Å²) in [5.41, 5.74) is 2.06. The van der Waals surface area contributed by atoms with Gasteiger partial charge in [0.2, 0.25) is 0 Å². The van der Waals surface area contributed by atoms with Gasteiger partial charge < -0.3 is 9.47 Å². The molecule has 0 spiro atoms. The van der Waals surface area contributed by atoms with Gasteiger partial charge >= 0.3 is 0 Å². The van der Waals surface area contributed by atoms with Crippen molar-refractivity contribution in [3.63, 3.8) is 0 Å². The van der Waals surface area contributed by atoms with Gasteiger partial charge in [-0.3, -0.25) is 0 Å². The van der Waals surface area contributed by atoms with Crippen molar-refractivity contribution in [2.75, 3.05) is 20.3 Å². The molecule has 0 N–H and O–H groups in total. The summed E-state index contributed by atoms with van der Waals surface area (Å²) in [6.07, 6.45) is 8.69. The molecule has 2 heteroatoms. The number of benzene rings is 1. The first-order chi connectivity index (χ1) is 9.38. The first-order valence-electron chi connectivity index (χ1n) is 7.08. The Labute approximate surface area is 117 Å². The summed E-state index contributed by atoms with van der Waals surface area (Å²) in [5.74, 6) is 0. The highest BCUT2D eigenvalue weighted by Gasteiger charge is 2.02. The van der Waals surface area contributed by atoms with Crippen LogP contribution < -0.4 is 0 Å². The summed E-state index contributed by atoms with van der Waals surface area (Å²) in [6, 6.07) is 11.1. The highest BCUT2D eigenvalue weighted by atomic mass is 16.5. The fourth-order valence-electron chi connectivity index (χ4n) is 1.77. The lowest BCUT2D eigenvalue weighted by atomic mass is 10.1. The fourth-order valence-corrected chi connectivity index (χ4v) is 1.77. The van der Waals surface area contributed by atoms with Crippen molar-refractivity contribution in [3.05, 3.63) is 42.2 Å². The van der Waals surface area contributed by atoms with Gasteiger partial charge in [-0.15, -0.1) is 0 Å². The molecule has 0 aliphatic carbocycles. The number of rotatable bonds is 10. The van der Waals surface area contributed by atoms with Gasteiger partial charge in [0.05, 0.1) is 13.2 Å². The lowest BCUT2D eigenvalue weighted by Gasteiger charge is -2.07. The third kappa shape index (κ3) is 7.02. The van der Waals surface area contributed by atoms with Crippen LogP contribution in [0.25, 0.3) is 5.57 Å². The molecule has 19 heavy (non-hydrogen) atoms. The zero-order valence-corrected chi connectivity index (χ0v) is 12.1. The number of unbranched alkanes of at least 4 members (excludes halogenated alkanes) is 3. The summed E-state index contributed by atoms with van der Waals surface area (Å²) in [7, 11) is 1.71. The van der Waals surface area contributed by atoms with Gasteiger partial charge in [0.1, 0.15) is 0 Å². The Morgan fingerprint density at radius 1 is 1.21 bits per heavy atom. The minimum absolute atomic E-state index is 0.671. The second-order valence-corrected chi connectivity index (χ2v) is 4.51. The maximum atomic E-state index is 5.53. The molecule has 0 heterocycles. The van der Waals surface area contributed by atoms with Crippen LogP contribution in [0.1, 0.15) is 44.6 Å². The number of hydrogen-bond donors (Lipinski definition) is 0. The average Bonchev–Trinajstić information content (AvgIpc) is 2.46. The normalized spacial score (nSPS) is 11.6. The van der Waals surface area contributed by atoms with Crippen molar-refractivity contribution in [1.82, 2.24) is 0 Å².